The minimum Gasteiger partial charge on any atom is -0.480 e. The minimum absolute atomic E-state index is 0.0632. The van der Waals surface area contributed by atoms with Crippen molar-refractivity contribution in [1.29, 1.82) is 0 Å². The largest absolute Gasteiger partial charge is 0.480 e. The molecular weight excluding hydrogens is 354 g/mol. The number of thioether (sulfide) groups is 1. The molecule has 1 fully saturated rings. The molecule has 1 atom stereocenters. The Morgan fingerprint density at radius 1 is 1.37 bits per heavy atom. The molecule has 0 bridgehead atoms. The van der Waals surface area contributed by atoms with Crippen molar-refractivity contribution >= 4 is 43.7 Å². The summed E-state index contributed by atoms with van der Waals surface area (Å²) in [5, 5.41) is 9.27. The Labute approximate surface area is 124 Å². The number of carboxylic acid groups (broad SMARTS) is 1. The summed E-state index contributed by atoms with van der Waals surface area (Å²) in [5.74, 6) is -0.244. The van der Waals surface area contributed by atoms with Crippen LogP contribution < -0.4 is 4.72 Å². The molecule has 1 unspecified atom stereocenters. The first-order valence-corrected chi connectivity index (χ1v) is 8.89. The fourth-order valence-corrected chi connectivity index (χ4v) is 4.86. The van der Waals surface area contributed by atoms with Gasteiger partial charge in [-0.3, -0.25) is 4.79 Å². The lowest BCUT2D eigenvalue weighted by atomic mass is 10.0. The molecule has 2 N–H and O–H groups in total. The summed E-state index contributed by atoms with van der Waals surface area (Å²) in [6.07, 6.45) is 0.294. The van der Waals surface area contributed by atoms with Gasteiger partial charge in [-0.15, -0.1) is 0 Å². The number of hydrogen-bond donors (Lipinski definition) is 2. The number of carbonyl (C=O) groups is 1. The van der Waals surface area contributed by atoms with Gasteiger partial charge < -0.3 is 5.11 Å². The summed E-state index contributed by atoms with van der Waals surface area (Å²) >= 11 is 4.65. The number of halogens is 1. The number of aliphatic carboxylic acids is 1. The second kappa shape index (κ2) is 5.43. The van der Waals surface area contributed by atoms with Crippen LogP contribution in [0.5, 0.6) is 0 Å². The molecule has 1 aliphatic rings. The van der Waals surface area contributed by atoms with E-state index in [1.807, 2.05) is 0 Å². The number of benzene rings is 1. The van der Waals surface area contributed by atoms with Crippen LogP contribution in [0.3, 0.4) is 0 Å². The van der Waals surface area contributed by atoms with E-state index in [1.54, 1.807) is 12.1 Å². The van der Waals surface area contributed by atoms with Gasteiger partial charge >= 0.3 is 5.97 Å². The van der Waals surface area contributed by atoms with Gasteiger partial charge in [-0.1, -0.05) is 15.9 Å². The van der Waals surface area contributed by atoms with Crippen molar-refractivity contribution in [3.05, 3.63) is 28.7 Å². The van der Waals surface area contributed by atoms with Gasteiger partial charge in [-0.25, -0.2) is 8.42 Å². The zero-order chi connectivity index (χ0) is 14.1. The fourth-order valence-electron chi connectivity index (χ4n) is 1.79. The Morgan fingerprint density at radius 2 is 2.00 bits per heavy atom. The maximum Gasteiger partial charge on any atom is 0.325 e. The third-order valence-electron chi connectivity index (χ3n) is 2.88. The SMILES string of the molecule is O=C(O)C1(NS(=O)(=O)c2ccc(Br)cc2)CCSC1. The number of hydrogen-bond acceptors (Lipinski definition) is 4. The van der Waals surface area contributed by atoms with Gasteiger partial charge in [0.05, 0.1) is 4.90 Å². The minimum atomic E-state index is -3.83. The molecule has 1 heterocycles. The molecule has 5 nitrogen and oxygen atoms in total. The van der Waals surface area contributed by atoms with Crippen molar-refractivity contribution in [2.45, 2.75) is 16.9 Å². The number of nitrogens with one attached hydrogen (secondary N) is 1. The summed E-state index contributed by atoms with van der Waals surface area (Å²) in [6.45, 7) is 0. The van der Waals surface area contributed by atoms with Crippen LogP contribution in [0.25, 0.3) is 0 Å². The first kappa shape index (κ1) is 14.8. The second-order valence-corrected chi connectivity index (χ2v) is 7.95. The predicted molar refractivity (Wildman–Crippen MR) is 76.8 cm³/mol. The highest BCUT2D eigenvalue weighted by Gasteiger charge is 2.45. The molecule has 0 saturated carbocycles. The lowest BCUT2D eigenvalue weighted by Crippen LogP contribution is -2.54. The monoisotopic (exact) mass is 365 g/mol. The topological polar surface area (TPSA) is 83.5 Å². The Balaban J connectivity index is 2.30. The maximum absolute atomic E-state index is 12.2. The van der Waals surface area contributed by atoms with Gasteiger partial charge in [0.25, 0.3) is 0 Å². The van der Waals surface area contributed by atoms with Crippen molar-refractivity contribution in [1.82, 2.24) is 4.72 Å². The summed E-state index contributed by atoms with van der Waals surface area (Å²) in [7, 11) is -3.83. The van der Waals surface area contributed by atoms with Crippen LogP contribution in [-0.4, -0.2) is 36.5 Å². The lowest BCUT2D eigenvalue weighted by molar-refractivity contribution is -0.142. The van der Waals surface area contributed by atoms with Gasteiger partial charge in [0.1, 0.15) is 5.54 Å². The van der Waals surface area contributed by atoms with Gasteiger partial charge in [0.15, 0.2) is 0 Å². The molecule has 0 amide bonds. The summed E-state index contributed by atoms with van der Waals surface area (Å²) in [4.78, 5) is 11.4. The first-order valence-electron chi connectivity index (χ1n) is 5.46. The number of sulfonamides is 1. The normalized spacial score (nSPS) is 23.4. The summed E-state index contributed by atoms with van der Waals surface area (Å²) in [6, 6.07) is 6.07. The average Bonchev–Trinajstić information content (AvgIpc) is 2.78. The van der Waals surface area contributed by atoms with E-state index >= 15 is 0 Å². The van der Waals surface area contributed by atoms with E-state index in [0.29, 0.717) is 12.2 Å². The molecular formula is C11H12BrNO4S2. The molecule has 1 aliphatic heterocycles. The van der Waals surface area contributed by atoms with Crippen molar-refractivity contribution in [2.75, 3.05) is 11.5 Å². The molecule has 19 heavy (non-hydrogen) atoms. The van der Waals surface area contributed by atoms with E-state index < -0.39 is 21.5 Å². The highest BCUT2D eigenvalue weighted by molar-refractivity contribution is 9.10. The molecule has 0 spiro atoms. The van der Waals surface area contributed by atoms with E-state index in [9.17, 15) is 18.3 Å². The van der Waals surface area contributed by atoms with Gasteiger partial charge in [0.2, 0.25) is 10.0 Å². The zero-order valence-electron chi connectivity index (χ0n) is 9.80. The predicted octanol–water partition coefficient (Wildman–Crippen LogP) is 1.69. The van der Waals surface area contributed by atoms with E-state index in [4.69, 9.17) is 0 Å². The van der Waals surface area contributed by atoms with Crippen LogP contribution in [0.2, 0.25) is 0 Å². The van der Waals surface area contributed by atoms with Crippen molar-refractivity contribution in [3.8, 4) is 0 Å². The molecule has 1 aromatic rings. The van der Waals surface area contributed by atoms with Crippen LogP contribution in [0.1, 0.15) is 6.42 Å². The van der Waals surface area contributed by atoms with Crippen LogP contribution in [-0.2, 0) is 14.8 Å². The molecule has 1 aromatic carbocycles. The fraction of sp³-hybridized carbons (Fsp3) is 0.364. The first-order chi connectivity index (χ1) is 8.86. The average molecular weight is 366 g/mol. The van der Waals surface area contributed by atoms with E-state index in [1.165, 1.54) is 23.9 Å². The van der Waals surface area contributed by atoms with Gasteiger partial charge in [0, 0.05) is 10.2 Å². The van der Waals surface area contributed by atoms with Crippen LogP contribution in [0.4, 0.5) is 0 Å². The van der Waals surface area contributed by atoms with Crippen molar-refractivity contribution in [3.63, 3.8) is 0 Å². The molecule has 8 heteroatoms. The van der Waals surface area contributed by atoms with Crippen molar-refractivity contribution < 1.29 is 18.3 Å². The maximum atomic E-state index is 12.2. The quantitative estimate of drug-likeness (QED) is 0.847. The Bertz CT molecular complexity index is 579. The van der Waals surface area contributed by atoms with E-state index in [2.05, 4.69) is 20.7 Å². The molecule has 0 aromatic heterocycles. The lowest BCUT2D eigenvalue weighted by Gasteiger charge is -2.24. The number of carboxylic acids is 1. The van der Waals surface area contributed by atoms with Gasteiger partial charge in [-0.2, -0.15) is 16.5 Å². The Hall–Kier alpha value is -0.570. The number of rotatable bonds is 4. The van der Waals surface area contributed by atoms with Crippen LogP contribution >= 0.6 is 27.7 Å². The zero-order valence-corrected chi connectivity index (χ0v) is 13.0. The third-order valence-corrected chi connectivity index (χ3v) is 6.16. The Kier molecular flexibility index (Phi) is 4.24. The highest BCUT2D eigenvalue weighted by Crippen LogP contribution is 2.30. The molecule has 104 valence electrons. The van der Waals surface area contributed by atoms with Gasteiger partial charge in [-0.05, 0) is 36.4 Å². The molecule has 0 aliphatic carbocycles. The van der Waals surface area contributed by atoms with Crippen LogP contribution in [0.15, 0.2) is 33.6 Å². The van der Waals surface area contributed by atoms with Crippen molar-refractivity contribution in [2.24, 2.45) is 0 Å². The Morgan fingerprint density at radius 3 is 2.47 bits per heavy atom. The molecule has 2 rings (SSSR count). The van der Waals surface area contributed by atoms with E-state index in [0.717, 1.165) is 4.47 Å². The summed E-state index contributed by atoms with van der Waals surface area (Å²) < 4.78 is 27.5. The smallest absolute Gasteiger partial charge is 0.325 e. The molecule has 0 radical (unpaired) electrons. The second-order valence-electron chi connectivity index (χ2n) is 4.25. The molecule has 1 saturated heterocycles. The highest BCUT2D eigenvalue weighted by atomic mass is 79.9. The standard InChI is InChI=1S/C11H12BrNO4S2/c12-8-1-3-9(4-2-8)19(16,17)13-11(10(14)15)5-6-18-7-11/h1-4,13H,5-7H2,(H,14,15). The third kappa shape index (κ3) is 3.13. The van der Waals surface area contributed by atoms with Crippen LogP contribution in [0, 0.1) is 0 Å². The summed E-state index contributed by atoms with van der Waals surface area (Å²) in [5.41, 5.74) is -1.39. The van der Waals surface area contributed by atoms with E-state index in [-0.39, 0.29) is 10.6 Å².